The van der Waals surface area contributed by atoms with E-state index in [2.05, 4.69) is 15.5 Å². The van der Waals surface area contributed by atoms with Crippen molar-refractivity contribution in [2.24, 2.45) is 0 Å². The van der Waals surface area contributed by atoms with Gasteiger partial charge in [-0.15, -0.1) is 0 Å². The van der Waals surface area contributed by atoms with Crippen molar-refractivity contribution >= 4 is 23.2 Å². The predicted molar refractivity (Wildman–Crippen MR) is 114 cm³/mol. The van der Waals surface area contributed by atoms with Crippen LogP contribution in [0.4, 0.5) is 11.4 Å². The molecule has 0 radical (unpaired) electrons. The van der Waals surface area contributed by atoms with E-state index in [1.54, 1.807) is 24.3 Å². The van der Waals surface area contributed by atoms with Crippen LogP contribution in [0.2, 0.25) is 0 Å². The predicted octanol–water partition coefficient (Wildman–Crippen LogP) is 3.45. The Morgan fingerprint density at radius 2 is 1.69 bits per heavy atom. The summed E-state index contributed by atoms with van der Waals surface area (Å²) in [5, 5.41) is 5.80. The SMILES string of the molecule is O=C(NCC1CCCO1)c1cccc(C(=O)Nc2ccc(N3CCCC3)cc2)c1. The van der Waals surface area contributed by atoms with Crippen molar-refractivity contribution in [2.45, 2.75) is 31.8 Å². The molecule has 1 unspecified atom stereocenters. The minimum absolute atomic E-state index is 0.0916. The minimum atomic E-state index is -0.229. The molecular weight excluding hydrogens is 366 g/mol. The van der Waals surface area contributed by atoms with Crippen LogP contribution >= 0.6 is 0 Å². The quantitative estimate of drug-likeness (QED) is 0.789. The zero-order valence-corrected chi connectivity index (χ0v) is 16.5. The van der Waals surface area contributed by atoms with Crippen molar-refractivity contribution in [1.29, 1.82) is 0 Å². The molecular formula is C23H27N3O3. The summed E-state index contributed by atoms with van der Waals surface area (Å²) in [6.07, 6.45) is 4.56. The second kappa shape index (κ2) is 9.09. The van der Waals surface area contributed by atoms with E-state index in [-0.39, 0.29) is 17.9 Å². The van der Waals surface area contributed by atoms with Crippen molar-refractivity contribution in [2.75, 3.05) is 36.5 Å². The Kier molecular flexibility index (Phi) is 6.10. The lowest BCUT2D eigenvalue weighted by Gasteiger charge is -2.17. The van der Waals surface area contributed by atoms with E-state index in [0.717, 1.165) is 38.2 Å². The summed E-state index contributed by atoms with van der Waals surface area (Å²) in [7, 11) is 0. The molecule has 0 aromatic heterocycles. The van der Waals surface area contributed by atoms with Crippen molar-refractivity contribution in [1.82, 2.24) is 5.32 Å². The maximum Gasteiger partial charge on any atom is 0.255 e. The highest BCUT2D eigenvalue weighted by atomic mass is 16.5. The molecule has 2 amide bonds. The van der Waals surface area contributed by atoms with Crippen LogP contribution < -0.4 is 15.5 Å². The fourth-order valence-corrected chi connectivity index (χ4v) is 3.85. The fourth-order valence-electron chi connectivity index (χ4n) is 3.85. The number of nitrogens with zero attached hydrogens (tertiary/aromatic N) is 1. The summed E-state index contributed by atoms with van der Waals surface area (Å²) in [5.74, 6) is -0.419. The van der Waals surface area contributed by atoms with E-state index >= 15 is 0 Å². The average molecular weight is 393 g/mol. The Morgan fingerprint density at radius 3 is 2.38 bits per heavy atom. The van der Waals surface area contributed by atoms with Gasteiger partial charge in [-0.25, -0.2) is 0 Å². The second-order valence-corrected chi connectivity index (χ2v) is 7.62. The Balaban J connectivity index is 1.35. The van der Waals surface area contributed by atoms with Crippen LogP contribution in [0.3, 0.4) is 0 Å². The highest BCUT2D eigenvalue weighted by Gasteiger charge is 2.17. The Hall–Kier alpha value is -2.86. The number of nitrogens with one attached hydrogen (secondary N) is 2. The Morgan fingerprint density at radius 1 is 0.966 bits per heavy atom. The lowest BCUT2D eigenvalue weighted by Crippen LogP contribution is -2.31. The molecule has 2 aromatic rings. The van der Waals surface area contributed by atoms with Gasteiger partial charge in [0.05, 0.1) is 6.10 Å². The number of benzene rings is 2. The number of amides is 2. The largest absolute Gasteiger partial charge is 0.376 e. The van der Waals surface area contributed by atoms with Crippen LogP contribution in [0.15, 0.2) is 48.5 Å². The third-order valence-electron chi connectivity index (χ3n) is 5.50. The molecule has 2 saturated heterocycles. The van der Waals surface area contributed by atoms with Gasteiger partial charge in [0.25, 0.3) is 11.8 Å². The first-order valence-electron chi connectivity index (χ1n) is 10.4. The van der Waals surface area contributed by atoms with Crippen LogP contribution in [0, 0.1) is 0 Å². The highest BCUT2D eigenvalue weighted by molar-refractivity contribution is 6.06. The van der Waals surface area contributed by atoms with Crippen molar-refractivity contribution < 1.29 is 14.3 Å². The zero-order valence-electron chi connectivity index (χ0n) is 16.5. The van der Waals surface area contributed by atoms with Gasteiger partial charge in [-0.3, -0.25) is 9.59 Å². The van der Waals surface area contributed by atoms with E-state index in [4.69, 9.17) is 4.74 Å². The van der Waals surface area contributed by atoms with Crippen LogP contribution in [0.1, 0.15) is 46.4 Å². The average Bonchev–Trinajstić information content (AvgIpc) is 3.47. The van der Waals surface area contributed by atoms with Crippen LogP contribution in [-0.4, -0.2) is 44.2 Å². The molecule has 29 heavy (non-hydrogen) atoms. The van der Waals surface area contributed by atoms with Crippen LogP contribution in [-0.2, 0) is 4.74 Å². The summed E-state index contributed by atoms with van der Waals surface area (Å²) in [6.45, 7) is 3.44. The third-order valence-corrected chi connectivity index (χ3v) is 5.50. The van der Waals surface area contributed by atoms with E-state index in [1.165, 1.54) is 18.5 Å². The van der Waals surface area contributed by atoms with Gasteiger partial charge < -0.3 is 20.3 Å². The van der Waals surface area contributed by atoms with Crippen LogP contribution in [0.5, 0.6) is 0 Å². The van der Waals surface area contributed by atoms with Gasteiger partial charge >= 0.3 is 0 Å². The summed E-state index contributed by atoms with van der Waals surface area (Å²) in [4.78, 5) is 27.4. The lowest BCUT2D eigenvalue weighted by atomic mass is 10.1. The van der Waals surface area contributed by atoms with Crippen molar-refractivity contribution in [3.63, 3.8) is 0 Å². The molecule has 2 aliphatic heterocycles. The molecule has 2 aromatic carbocycles. The van der Waals surface area contributed by atoms with Crippen molar-refractivity contribution in [3.8, 4) is 0 Å². The van der Waals surface area contributed by atoms with Gasteiger partial charge in [-0.05, 0) is 68.1 Å². The number of hydrogen-bond acceptors (Lipinski definition) is 4. The number of carbonyl (C=O) groups excluding carboxylic acids is 2. The molecule has 4 rings (SSSR count). The molecule has 6 heteroatoms. The maximum atomic E-state index is 12.6. The number of ether oxygens (including phenoxy) is 1. The highest BCUT2D eigenvalue weighted by Crippen LogP contribution is 2.22. The Bertz CT molecular complexity index is 854. The van der Waals surface area contributed by atoms with Gasteiger partial charge in [-0.1, -0.05) is 6.07 Å². The molecule has 2 heterocycles. The molecule has 0 saturated carbocycles. The summed E-state index contributed by atoms with van der Waals surface area (Å²) in [6, 6.07) is 14.7. The summed E-state index contributed by atoms with van der Waals surface area (Å²) >= 11 is 0. The molecule has 1 atom stereocenters. The number of rotatable bonds is 6. The minimum Gasteiger partial charge on any atom is -0.376 e. The van der Waals surface area contributed by atoms with Gasteiger partial charge in [0.2, 0.25) is 0 Å². The number of hydrogen-bond donors (Lipinski definition) is 2. The summed E-state index contributed by atoms with van der Waals surface area (Å²) < 4.78 is 5.53. The first-order chi connectivity index (χ1) is 14.2. The fraction of sp³-hybridized carbons (Fsp3) is 0.391. The molecule has 0 spiro atoms. The smallest absolute Gasteiger partial charge is 0.255 e. The van der Waals surface area contributed by atoms with Crippen molar-refractivity contribution in [3.05, 3.63) is 59.7 Å². The third kappa shape index (κ3) is 4.95. The maximum absolute atomic E-state index is 12.6. The van der Waals surface area contributed by atoms with E-state index in [0.29, 0.717) is 17.7 Å². The molecule has 2 aliphatic rings. The molecule has 152 valence electrons. The molecule has 2 N–H and O–H groups in total. The van der Waals surface area contributed by atoms with E-state index in [9.17, 15) is 9.59 Å². The zero-order chi connectivity index (χ0) is 20.1. The first kappa shape index (κ1) is 19.5. The first-order valence-corrected chi connectivity index (χ1v) is 10.4. The lowest BCUT2D eigenvalue weighted by molar-refractivity contribution is 0.0858. The van der Waals surface area contributed by atoms with Gasteiger partial charge in [0.15, 0.2) is 0 Å². The van der Waals surface area contributed by atoms with E-state index < -0.39 is 0 Å². The summed E-state index contributed by atoms with van der Waals surface area (Å²) in [5.41, 5.74) is 2.86. The number of anilines is 2. The van der Waals surface area contributed by atoms with Gasteiger partial charge in [-0.2, -0.15) is 0 Å². The van der Waals surface area contributed by atoms with Crippen LogP contribution in [0.25, 0.3) is 0 Å². The van der Waals surface area contributed by atoms with Gasteiger partial charge in [0.1, 0.15) is 0 Å². The standard InChI is InChI=1S/C23H27N3O3/c27-22(24-16-21-7-4-14-29-21)17-5-3-6-18(15-17)23(28)25-19-8-10-20(11-9-19)26-12-1-2-13-26/h3,5-6,8-11,15,21H,1-2,4,7,12-14,16H2,(H,24,27)(H,25,28). The molecule has 2 fully saturated rings. The molecule has 0 aliphatic carbocycles. The van der Waals surface area contributed by atoms with Gasteiger partial charge in [0, 0.05) is 48.7 Å². The second-order valence-electron chi connectivity index (χ2n) is 7.62. The normalized spacial score (nSPS) is 18.6. The molecule has 0 bridgehead atoms. The topological polar surface area (TPSA) is 70.7 Å². The number of carbonyl (C=O) groups is 2. The van der Waals surface area contributed by atoms with E-state index in [1.807, 2.05) is 24.3 Å². The Labute approximate surface area is 171 Å². The monoisotopic (exact) mass is 393 g/mol. The molecule has 6 nitrogen and oxygen atoms in total.